The van der Waals surface area contributed by atoms with Crippen LogP contribution in [-0.4, -0.2) is 36.1 Å². The molecule has 8 nitrogen and oxygen atoms in total. The summed E-state index contributed by atoms with van der Waals surface area (Å²) in [6.07, 6.45) is 6.76. The molecule has 0 aliphatic heterocycles. The Morgan fingerprint density at radius 3 is 2.86 bits per heavy atom. The molecule has 0 aliphatic carbocycles. The van der Waals surface area contributed by atoms with Gasteiger partial charge in [-0.1, -0.05) is 11.6 Å². The number of aromatic nitrogens is 1. The van der Waals surface area contributed by atoms with Crippen LogP contribution in [0.5, 0.6) is 0 Å². The fraction of sp³-hybridized carbons (Fsp3) is 0.150. The number of benzene rings is 1. The number of halogens is 1. The smallest absolute Gasteiger partial charge is 0.253 e. The van der Waals surface area contributed by atoms with Gasteiger partial charge in [-0.05, 0) is 49.4 Å². The normalized spacial score (nSPS) is 11.7. The molecule has 0 radical (unpaired) electrons. The quantitative estimate of drug-likeness (QED) is 0.384. The molecule has 1 aromatic heterocycles. The maximum atomic E-state index is 12.9. The molecule has 0 atom stereocenters. The van der Waals surface area contributed by atoms with Crippen molar-refractivity contribution < 1.29 is 9.18 Å². The maximum absolute atomic E-state index is 12.9. The van der Waals surface area contributed by atoms with Crippen molar-refractivity contribution in [3.8, 4) is 0 Å². The number of carbonyl (C=O) groups excluding carboxylic acids is 1. The topological polar surface area (TPSA) is 129 Å². The van der Waals surface area contributed by atoms with Gasteiger partial charge >= 0.3 is 0 Å². The van der Waals surface area contributed by atoms with Gasteiger partial charge in [-0.2, -0.15) is 5.10 Å². The summed E-state index contributed by atoms with van der Waals surface area (Å²) >= 11 is 0. The zero-order chi connectivity index (χ0) is 21.1. The van der Waals surface area contributed by atoms with Crippen molar-refractivity contribution in [2.75, 3.05) is 12.0 Å². The second-order valence-electron chi connectivity index (χ2n) is 5.95. The zero-order valence-electron chi connectivity index (χ0n) is 15.9. The fourth-order valence-corrected chi connectivity index (χ4v) is 2.29. The summed E-state index contributed by atoms with van der Waals surface area (Å²) < 4.78 is 12.9. The Labute approximate surface area is 168 Å². The second kappa shape index (κ2) is 11.1. The first-order chi connectivity index (χ1) is 14.0. The number of rotatable bonds is 9. The molecule has 9 heteroatoms. The Kier molecular flexibility index (Phi) is 8.18. The minimum absolute atomic E-state index is 0.269. The van der Waals surface area contributed by atoms with Gasteiger partial charge in [0, 0.05) is 19.0 Å². The number of pyridine rings is 1. The first-order valence-electron chi connectivity index (χ1n) is 8.77. The molecule has 1 aromatic carbocycles. The Morgan fingerprint density at radius 2 is 2.17 bits per heavy atom. The molecule has 0 saturated carbocycles. The molecule has 2 aromatic rings. The lowest BCUT2D eigenvalue weighted by Gasteiger charge is -2.11. The number of hydrazone groups is 1. The molecule has 29 heavy (non-hydrogen) atoms. The van der Waals surface area contributed by atoms with E-state index in [-0.39, 0.29) is 5.91 Å². The molecule has 0 fully saturated rings. The van der Waals surface area contributed by atoms with Crippen LogP contribution in [0.1, 0.15) is 22.3 Å². The van der Waals surface area contributed by atoms with E-state index >= 15 is 0 Å². The summed E-state index contributed by atoms with van der Waals surface area (Å²) in [5, 5.41) is 13.6. The standard InChI is InChI=1S/C20H22FN7O/c1-14-2-4-18(28-27-9-7-22)17(10-14)20(29)24-8-6-15(11-23)12-25-19-5-3-16(21)13-26-19/h2-5,7,9-13,22,28H,6,8,23H2,1H3,(H,24,29)/b15-11?,22-7?,25-12?,27-9-. The number of hydrogen-bond donors (Lipinski definition) is 4. The Hall–Kier alpha value is -3.88. The van der Waals surface area contributed by atoms with Crippen LogP contribution in [-0.2, 0) is 0 Å². The van der Waals surface area contributed by atoms with Crippen molar-refractivity contribution in [2.45, 2.75) is 13.3 Å². The van der Waals surface area contributed by atoms with Gasteiger partial charge in [-0.3, -0.25) is 10.2 Å². The van der Waals surface area contributed by atoms with Gasteiger partial charge in [0.1, 0.15) is 5.82 Å². The summed E-state index contributed by atoms with van der Waals surface area (Å²) in [4.78, 5) is 20.5. The molecule has 0 spiro atoms. The Morgan fingerprint density at radius 1 is 1.34 bits per heavy atom. The third-order valence-corrected chi connectivity index (χ3v) is 3.74. The van der Waals surface area contributed by atoms with E-state index in [1.807, 2.05) is 13.0 Å². The van der Waals surface area contributed by atoms with Gasteiger partial charge in [0.25, 0.3) is 5.91 Å². The first-order valence-corrected chi connectivity index (χ1v) is 8.77. The van der Waals surface area contributed by atoms with E-state index < -0.39 is 5.82 Å². The minimum atomic E-state index is -0.435. The van der Waals surface area contributed by atoms with E-state index in [0.717, 1.165) is 18.0 Å². The summed E-state index contributed by atoms with van der Waals surface area (Å²) in [7, 11) is 0. The highest BCUT2D eigenvalue weighted by Gasteiger charge is 2.11. The predicted octanol–water partition coefficient (Wildman–Crippen LogP) is 2.94. The number of amides is 1. The van der Waals surface area contributed by atoms with Crippen molar-refractivity contribution in [3.63, 3.8) is 0 Å². The summed E-state index contributed by atoms with van der Waals surface area (Å²) in [5.74, 6) is -0.347. The number of aryl methyl sites for hydroxylation is 1. The lowest BCUT2D eigenvalue weighted by Crippen LogP contribution is -2.25. The van der Waals surface area contributed by atoms with E-state index in [0.29, 0.717) is 35.6 Å². The van der Waals surface area contributed by atoms with Gasteiger partial charge in [0.2, 0.25) is 0 Å². The zero-order valence-corrected chi connectivity index (χ0v) is 15.9. The largest absolute Gasteiger partial charge is 0.404 e. The third-order valence-electron chi connectivity index (χ3n) is 3.74. The molecule has 1 heterocycles. The van der Waals surface area contributed by atoms with Crippen LogP contribution in [0.4, 0.5) is 15.9 Å². The highest BCUT2D eigenvalue weighted by molar-refractivity contribution is 6.14. The van der Waals surface area contributed by atoms with E-state index in [9.17, 15) is 9.18 Å². The van der Waals surface area contributed by atoms with Crippen LogP contribution >= 0.6 is 0 Å². The van der Waals surface area contributed by atoms with E-state index in [4.69, 9.17) is 11.1 Å². The van der Waals surface area contributed by atoms with Gasteiger partial charge in [-0.25, -0.2) is 14.4 Å². The molecular formula is C20H22FN7O. The second-order valence-corrected chi connectivity index (χ2v) is 5.95. The lowest BCUT2D eigenvalue weighted by molar-refractivity contribution is 0.0955. The molecule has 150 valence electrons. The Balaban J connectivity index is 1.96. The lowest BCUT2D eigenvalue weighted by atomic mass is 10.1. The van der Waals surface area contributed by atoms with Crippen molar-refractivity contribution in [1.29, 1.82) is 5.41 Å². The molecule has 0 saturated heterocycles. The minimum Gasteiger partial charge on any atom is -0.404 e. The molecule has 0 unspecified atom stereocenters. The van der Waals surface area contributed by atoms with Crippen molar-refractivity contribution in [3.05, 3.63) is 65.2 Å². The molecular weight excluding hydrogens is 373 g/mol. The third kappa shape index (κ3) is 6.98. The Bertz CT molecular complexity index is 936. The van der Waals surface area contributed by atoms with Gasteiger partial charge < -0.3 is 16.5 Å². The first kappa shape index (κ1) is 21.4. The van der Waals surface area contributed by atoms with Crippen LogP contribution in [0.3, 0.4) is 0 Å². The van der Waals surface area contributed by atoms with Crippen LogP contribution in [0, 0.1) is 18.2 Å². The number of aliphatic imine (C=N–C) groups is 1. The molecule has 1 amide bonds. The average molecular weight is 395 g/mol. The van der Waals surface area contributed by atoms with Crippen LogP contribution in [0.25, 0.3) is 0 Å². The van der Waals surface area contributed by atoms with Crippen molar-refractivity contribution in [2.24, 2.45) is 15.8 Å². The summed E-state index contributed by atoms with van der Waals surface area (Å²) in [5.41, 5.74) is 10.9. The van der Waals surface area contributed by atoms with E-state index in [2.05, 4.69) is 25.8 Å². The molecule has 0 aliphatic rings. The van der Waals surface area contributed by atoms with Gasteiger partial charge in [0.05, 0.1) is 23.7 Å². The number of anilines is 1. The van der Waals surface area contributed by atoms with E-state index in [1.165, 1.54) is 30.8 Å². The van der Waals surface area contributed by atoms with Crippen LogP contribution < -0.4 is 16.5 Å². The average Bonchev–Trinajstić information content (AvgIpc) is 2.72. The van der Waals surface area contributed by atoms with Crippen molar-refractivity contribution >= 4 is 36.1 Å². The SMILES string of the molecule is Cc1ccc(N/N=C\C=N)c(C(=O)NCCC(C=Nc2ccc(F)cn2)=CN)c1. The number of hydrogen-bond acceptors (Lipinski definition) is 7. The highest BCUT2D eigenvalue weighted by Crippen LogP contribution is 2.17. The number of carbonyl (C=O) groups is 1. The van der Waals surface area contributed by atoms with Gasteiger partial charge in [0.15, 0.2) is 5.82 Å². The fourth-order valence-electron chi connectivity index (χ4n) is 2.29. The number of nitrogens with zero attached hydrogens (tertiary/aromatic N) is 3. The van der Waals surface area contributed by atoms with Crippen molar-refractivity contribution in [1.82, 2.24) is 10.3 Å². The molecule has 0 bridgehead atoms. The predicted molar refractivity (Wildman–Crippen MR) is 114 cm³/mol. The maximum Gasteiger partial charge on any atom is 0.253 e. The summed E-state index contributed by atoms with van der Waals surface area (Å²) in [6.45, 7) is 2.22. The van der Waals surface area contributed by atoms with Gasteiger partial charge in [-0.15, -0.1) is 0 Å². The number of nitrogens with two attached hydrogens (primary N) is 1. The highest BCUT2D eigenvalue weighted by atomic mass is 19.1. The van der Waals surface area contributed by atoms with Crippen LogP contribution in [0.15, 0.2) is 58.4 Å². The number of nitrogens with one attached hydrogen (secondary N) is 3. The summed E-state index contributed by atoms with van der Waals surface area (Å²) in [6, 6.07) is 8.08. The molecule has 5 N–H and O–H groups in total. The molecule has 2 rings (SSSR count). The van der Waals surface area contributed by atoms with Crippen LogP contribution in [0.2, 0.25) is 0 Å². The van der Waals surface area contributed by atoms with E-state index in [1.54, 1.807) is 12.1 Å². The monoisotopic (exact) mass is 395 g/mol.